The molecule has 0 aliphatic carbocycles. The number of amides is 2. The van der Waals surface area contributed by atoms with Crippen LogP contribution in [0.1, 0.15) is 20.8 Å². The van der Waals surface area contributed by atoms with Crippen LogP contribution in [0.25, 0.3) is 6.08 Å². The van der Waals surface area contributed by atoms with E-state index in [0.29, 0.717) is 34.2 Å². The summed E-state index contributed by atoms with van der Waals surface area (Å²) in [5.74, 6) is 0.929. The molecule has 32 heavy (non-hydrogen) atoms. The number of fused-ring (bicyclic) bond motifs is 1. The molecule has 0 atom stereocenters. The normalized spacial score (nSPS) is 14.3. The topological polar surface area (TPSA) is 67.9 Å². The number of anilines is 1. The summed E-state index contributed by atoms with van der Waals surface area (Å²) in [6.07, 6.45) is 1.83. The predicted octanol–water partition coefficient (Wildman–Crippen LogP) is 4.80. The summed E-state index contributed by atoms with van der Waals surface area (Å²) in [7, 11) is 4.88. The molecule has 0 saturated carbocycles. The first-order valence-corrected chi connectivity index (χ1v) is 11.5. The molecule has 0 bridgehead atoms. The van der Waals surface area contributed by atoms with Crippen LogP contribution in [0.15, 0.2) is 63.7 Å². The number of nitrogens with one attached hydrogen (secondary N) is 1. The molecule has 1 aliphatic heterocycles. The smallest absolute Gasteiger partial charge is 0.264 e. The first-order valence-electron chi connectivity index (χ1n) is 9.84. The number of thiophene rings is 1. The average Bonchev–Trinajstić information content (AvgIpc) is 3.34. The third-order valence-electron chi connectivity index (χ3n) is 5.03. The van der Waals surface area contributed by atoms with Gasteiger partial charge < -0.3 is 19.7 Å². The Morgan fingerprint density at radius 2 is 1.91 bits per heavy atom. The number of likely N-dealkylation sites (N-methyl/N-ethyl adjacent to an activating group) is 1. The minimum absolute atomic E-state index is 0.131. The van der Waals surface area contributed by atoms with Crippen LogP contribution >= 0.6 is 23.1 Å². The molecule has 0 spiro atoms. The van der Waals surface area contributed by atoms with Crippen molar-refractivity contribution in [1.82, 2.24) is 5.32 Å². The lowest BCUT2D eigenvalue weighted by Crippen LogP contribution is -2.30. The molecular formula is C24H22N2O4S2. The summed E-state index contributed by atoms with van der Waals surface area (Å²) in [5, 5.41) is 4.90. The Bertz CT molecular complexity index is 1190. The zero-order chi connectivity index (χ0) is 22.7. The fourth-order valence-electron chi connectivity index (χ4n) is 3.31. The molecule has 164 valence electrons. The van der Waals surface area contributed by atoms with Gasteiger partial charge >= 0.3 is 0 Å². The predicted molar refractivity (Wildman–Crippen MR) is 129 cm³/mol. The van der Waals surface area contributed by atoms with Gasteiger partial charge in [-0.15, -0.1) is 11.3 Å². The standard InChI is InChI=1S/C24H22N2O4S2/c1-26-18-13-16(23(27)25-14-17-5-4-10-31-17)7-9-21(18)32-22(24(26)28)12-15-6-8-19(29-2)20(11-15)30-3/h4-13H,14H2,1-3H3,(H,25,27). The molecule has 2 aromatic carbocycles. The van der Waals surface area contributed by atoms with Crippen molar-refractivity contribution < 1.29 is 19.1 Å². The summed E-state index contributed by atoms with van der Waals surface area (Å²) in [6, 6.07) is 14.9. The van der Waals surface area contributed by atoms with Crippen LogP contribution in [0.4, 0.5) is 5.69 Å². The molecule has 0 saturated heterocycles. The maximum atomic E-state index is 13.0. The number of methoxy groups -OCH3 is 2. The lowest BCUT2D eigenvalue weighted by molar-refractivity contribution is -0.114. The highest BCUT2D eigenvalue weighted by Crippen LogP contribution is 2.42. The number of hydrogen-bond acceptors (Lipinski definition) is 6. The molecule has 6 nitrogen and oxygen atoms in total. The van der Waals surface area contributed by atoms with Crippen molar-refractivity contribution in [2.75, 3.05) is 26.2 Å². The third-order valence-corrected chi connectivity index (χ3v) is 6.98. The van der Waals surface area contributed by atoms with Gasteiger partial charge in [-0.1, -0.05) is 23.9 Å². The summed E-state index contributed by atoms with van der Waals surface area (Å²) in [4.78, 5) is 29.8. The van der Waals surface area contributed by atoms with Gasteiger partial charge in [-0.2, -0.15) is 0 Å². The van der Waals surface area contributed by atoms with E-state index in [9.17, 15) is 9.59 Å². The first kappa shape index (κ1) is 22.0. The number of rotatable bonds is 6. The molecule has 0 fully saturated rings. The van der Waals surface area contributed by atoms with Gasteiger partial charge in [0.05, 0.1) is 31.4 Å². The van der Waals surface area contributed by atoms with Crippen molar-refractivity contribution in [2.45, 2.75) is 11.4 Å². The van der Waals surface area contributed by atoms with Gasteiger partial charge in [0.25, 0.3) is 11.8 Å². The van der Waals surface area contributed by atoms with Crippen molar-refractivity contribution in [3.63, 3.8) is 0 Å². The Labute approximate surface area is 194 Å². The van der Waals surface area contributed by atoms with E-state index in [-0.39, 0.29) is 11.8 Å². The van der Waals surface area contributed by atoms with E-state index in [1.807, 2.05) is 47.9 Å². The molecule has 2 heterocycles. The summed E-state index contributed by atoms with van der Waals surface area (Å²) >= 11 is 2.98. The van der Waals surface area contributed by atoms with Crippen LogP contribution in [0.3, 0.4) is 0 Å². The molecule has 1 N–H and O–H groups in total. The zero-order valence-corrected chi connectivity index (χ0v) is 19.5. The second kappa shape index (κ2) is 9.50. The highest BCUT2D eigenvalue weighted by Gasteiger charge is 2.27. The quantitative estimate of drug-likeness (QED) is 0.529. The molecule has 1 aliphatic rings. The number of hydrogen-bond donors (Lipinski definition) is 1. The van der Waals surface area contributed by atoms with Crippen LogP contribution in [0.5, 0.6) is 11.5 Å². The Morgan fingerprint density at radius 1 is 1.09 bits per heavy atom. The van der Waals surface area contributed by atoms with E-state index in [4.69, 9.17) is 9.47 Å². The number of benzene rings is 2. The monoisotopic (exact) mass is 466 g/mol. The lowest BCUT2D eigenvalue weighted by Gasteiger charge is -2.27. The van der Waals surface area contributed by atoms with Gasteiger partial charge in [0, 0.05) is 22.4 Å². The Hall–Kier alpha value is -3.23. The molecule has 2 amide bonds. The van der Waals surface area contributed by atoms with Crippen molar-refractivity contribution >= 4 is 46.7 Å². The van der Waals surface area contributed by atoms with Crippen molar-refractivity contribution in [2.24, 2.45) is 0 Å². The lowest BCUT2D eigenvalue weighted by atomic mass is 10.1. The number of ether oxygens (including phenoxy) is 2. The molecule has 1 aromatic heterocycles. The molecular weight excluding hydrogens is 444 g/mol. The van der Waals surface area contributed by atoms with Crippen molar-refractivity contribution in [1.29, 1.82) is 0 Å². The third kappa shape index (κ3) is 4.51. The minimum atomic E-state index is -0.168. The molecule has 0 radical (unpaired) electrons. The molecule has 8 heteroatoms. The van der Waals surface area contributed by atoms with Crippen LogP contribution < -0.4 is 19.7 Å². The summed E-state index contributed by atoms with van der Waals surface area (Å²) < 4.78 is 10.6. The molecule has 3 aromatic rings. The first-order chi connectivity index (χ1) is 15.5. The van der Waals surface area contributed by atoms with Gasteiger partial charge in [-0.25, -0.2) is 0 Å². The largest absolute Gasteiger partial charge is 0.493 e. The summed E-state index contributed by atoms with van der Waals surface area (Å²) in [6.45, 7) is 0.481. The van der Waals surface area contributed by atoms with Crippen LogP contribution in [-0.2, 0) is 11.3 Å². The number of thioether (sulfide) groups is 1. The van der Waals surface area contributed by atoms with Gasteiger partial charge in [-0.3, -0.25) is 9.59 Å². The van der Waals surface area contributed by atoms with Gasteiger partial charge in [0.15, 0.2) is 11.5 Å². The van der Waals surface area contributed by atoms with Crippen LogP contribution in [-0.4, -0.2) is 33.1 Å². The van der Waals surface area contributed by atoms with E-state index in [2.05, 4.69) is 5.32 Å². The minimum Gasteiger partial charge on any atom is -0.493 e. The van der Waals surface area contributed by atoms with Crippen molar-refractivity contribution in [3.8, 4) is 11.5 Å². The average molecular weight is 467 g/mol. The fourth-order valence-corrected chi connectivity index (χ4v) is 5.05. The second-order valence-electron chi connectivity index (χ2n) is 7.03. The van der Waals surface area contributed by atoms with Gasteiger partial charge in [0.2, 0.25) is 0 Å². The fraction of sp³-hybridized carbons (Fsp3) is 0.167. The Morgan fingerprint density at radius 3 is 2.62 bits per heavy atom. The van der Waals surface area contributed by atoms with Crippen LogP contribution in [0, 0.1) is 0 Å². The van der Waals surface area contributed by atoms with E-state index < -0.39 is 0 Å². The maximum absolute atomic E-state index is 13.0. The molecule has 0 unspecified atom stereocenters. The van der Waals surface area contributed by atoms with E-state index >= 15 is 0 Å². The van der Waals surface area contributed by atoms with Crippen LogP contribution in [0.2, 0.25) is 0 Å². The maximum Gasteiger partial charge on any atom is 0.264 e. The van der Waals surface area contributed by atoms with E-state index in [1.54, 1.807) is 49.6 Å². The Balaban J connectivity index is 1.56. The van der Waals surface area contributed by atoms with Gasteiger partial charge in [-0.05, 0) is 53.4 Å². The highest BCUT2D eigenvalue weighted by atomic mass is 32.2. The number of carbonyl (C=O) groups is 2. The number of carbonyl (C=O) groups excluding carboxylic acids is 2. The summed E-state index contributed by atoms with van der Waals surface area (Å²) in [5.41, 5.74) is 2.07. The Kier molecular flexibility index (Phi) is 6.53. The SMILES string of the molecule is COc1ccc(C=C2Sc3ccc(C(=O)NCc4cccs4)cc3N(C)C2=O)cc1OC. The molecule has 4 rings (SSSR count). The zero-order valence-electron chi connectivity index (χ0n) is 17.9. The van der Waals surface area contributed by atoms with Gasteiger partial charge in [0.1, 0.15) is 0 Å². The van der Waals surface area contributed by atoms with E-state index in [0.717, 1.165) is 15.3 Å². The highest BCUT2D eigenvalue weighted by molar-refractivity contribution is 8.04. The van der Waals surface area contributed by atoms with Crippen molar-refractivity contribution in [3.05, 3.63) is 74.8 Å². The van der Waals surface area contributed by atoms with E-state index in [1.165, 1.54) is 11.8 Å². The second-order valence-corrected chi connectivity index (χ2v) is 9.15. The number of nitrogens with zero attached hydrogens (tertiary/aromatic N) is 1.